The highest BCUT2D eigenvalue weighted by atomic mass is 32.1. The number of hydrogen-bond acceptors (Lipinski definition) is 3. The first-order valence-electron chi connectivity index (χ1n) is 4.78. The summed E-state index contributed by atoms with van der Waals surface area (Å²) in [5.41, 5.74) is 0.936. The van der Waals surface area contributed by atoms with E-state index < -0.39 is 0 Å². The third kappa shape index (κ3) is 3.47. The number of anilines is 1. The summed E-state index contributed by atoms with van der Waals surface area (Å²) >= 11 is 1.66. The van der Waals surface area contributed by atoms with Crippen molar-refractivity contribution in [2.45, 2.75) is 26.8 Å². The van der Waals surface area contributed by atoms with E-state index in [4.69, 9.17) is 0 Å². The van der Waals surface area contributed by atoms with E-state index in [0.717, 1.165) is 25.2 Å². The lowest BCUT2D eigenvalue weighted by atomic mass is 10.3. The first-order valence-corrected chi connectivity index (χ1v) is 5.66. The maximum atomic E-state index is 10.9. The van der Waals surface area contributed by atoms with Crippen LogP contribution in [0.1, 0.15) is 25.1 Å². The molecule has 14 heavy (non-hydrogen) atoms. The minimum atomic E-state index is -0.0138. The zero-order chi connectivity index (χ0) is 10.4. The summed E-state index contributed by atoms with van der Waals surface area (Å²) in [5, 5.41) is 8.12. The maximum Gasteiger partial charge on any atom is 0.221 e. The molecule has 1 amide bonds. The number of amides is 1. The monoisotopic (exact) mass is 212 g/mol. The predicted molar refractivity (Wildman–Crippen MR) is 60.6 cm³/mol. The van der Waals surface area contributed by atoms with Crippen LogP contribution < -0.4 is 10.6 Å². The number of carbonyl (C=O) groups excluding carboxylic acids is 1. The van der Waals surface area contributed by atoms with E-state index in [1.165, 1.54) is 11.8 Å². The van der Waals surface area contributed by atoms with Crippen LogP contribution in [-0.4, -0.2) is 12.5 Å². The fourth-order valence-electron chi connectivity index (χ4n) is 1.16. The van der Waals surface area contributed by atoms with E-state index in [-0.39, 0.29) is 5.91 Å². The van der Waals surface area contributed by atoms with Crippen LogP contribution in [0.25, 0.3) is 0 Å². The number of nitrogens with one attached hydrogen (secondary N) is 2. The topological polar surface area (TPSA) is 41.1 Å². The molecule has 0 aromatic carbocycles. The van der Waals surface area contributed by atoms with Gasteiger partial charge in [0.05, 0.1) is 5.69 Å². The van der Waals surface area contributed by atoms with Gasteiger partial charge in [-0.1, -0.05) is 6.92 Å². The fourth-order valence-corrected chi connectivity index (χ4v) is 1.96. The highest BCUT2D eigenvalue weighted by Crippen LogP contribution is 2.21. The van der Waals surface area contributed by atoms with Gasteiger partial charge in [0.1, 0.15) is 0 Å². The highest BCUT2D eigenvalue weighted by molar-refractivity contribution is 7.10. The molecule has 78 valence electrons. The molecule has 1 rings (SSSR count). The van der Waals surface area contributed by atoms with Gasteiger partial charge in [-0.05, 0) is 24.4 Å². The number of thiophene rings is 1. The van der Waals surface area contributed by atoms with E-state index in [2.05, 4.69) is 17.6 Å². The van der Waals surface area contributed by atoms with Gasteiger partial charge in [-0.3, -0.25) is 4.79 Å². The van der Waals surface area contributed by atoms with Crippen LogP contribution in [0.2, 0.25) is 0 Å². The second-order valence-corrected chi connectivity index (χ2v) is 4.12. The first-order chi connectivity index (χ1) is 6.74. The molecule has 0 atom stereocenters. The van der Waals surface area contributed by atoms with Crippen LogP contribution in [-0.2, 0) is 11.3 Å². The molecule has 1 aromatic heterocycles. The molecule has 0 bridgehead atoms. The summed E-state index contributed by atoms with van der Waals surface area (Å²) in [6.45, 7) is 5.51. The van der Waals surface area contributed by atoms with E-state index in [0.29, 0.717) is 0 Å². The van der Waals surface area contributed by atoms with Gasteiger partial charge in [0.15, 0.2) is 0 Å². The highest BCUT2D eigenvalue weighted by Gasteiger charge is 2.04. The minimum Gasteiger partial charge on any atom is -0.325 e. The van der Waals surface area contributed by atoms with Gasteiger partial charge in [0, 0.05) is 18.3 Å². The van der Waals surface area contributed by atoms with Crippen molar-refractivity contribution in [3.05, 3.63) is 16.3 Å². The quantitative estimate of drug-likeness (QED) is 0.735. The van der Waals surface area contributed by atoms with Crippen LogP contribution in [0.4, 0.5) is 5.69 Å². The molecule has 0 aliphatic heterocycles. The lowest BCUT2D eigenvalue weighted by Gasteiger charge is -2.04. The van der Waals surface area contributed by atoms with Gasteiger partial charge in [-0.2, -0.15) is 0 Å². The van der Waals surface area contributed by atoms with Crippen molar-refractivity contribution in [1.82, 2.24) is 5.32 Å². The van der Waals surface area contributed by atoms with Crippen LogP contribution >= 0.6 is 11.3 Å². The Bertz CT molecular complexity index is 296. The Balaban J connectivity index is 2.49. The van der Waals surface area contributed by atoms with Gasteiger partial charge < -0.3 is 10.6 Å². The van der Waals surface area contributed by atoms with E-state index in [1.54, 1.807) is 11.3 Å². The standard InChI is InChI=1S/C10H16N2OS/c1-3-5-11-7-10-9(4-6-14-10)12-8(2)13/h4,6,11H,3,5,7H2,1-2H3,(H,12,13). The number of hydrogen-bond donors (Lipinski definition) is 2. The van der Waals surface area contributed by atoms with Crippen LogP contribution in [0.5, 0.6) is 0 Å². The van der Waals surface area contributed by atoms with Crippen molar-refractivity contribution in [2.75, 3.05) is 11.9 Å². The second kappa shape index (κ2) is 5.78. The second-order valence-electron chi connectivity index (χ2n) is 3.12. The van der Waals surface area contributed by atoms with E-state index in [1.807, 2.05) is 11.4 Å². The molecule has 0 aliphatic rings. The Morgan fingerprint density at radius 3 is 3.00 bits per heavy atom. The SMILES string of the molecule is CCCNCc1sccc1NC(C)=O. The molecule has 0 unspecified atom stereocenters. The summed E-state index contributed by atoms with van der Waals surface area (Å²) in [7, 11) is 0. The number of rotatable bonds is 5. The molecular formula is C10H16N2OS. The molecule has 2 N–H and O–H groups in total. The van der Waals surface area contributed by atoms with Gasteiger partial charge in [0.2, 0.25) is 5.91 Å². The zero-order valence-corrected chi connectivity index (χ0v) is 9.41. The molecule has 1 heterocycles. The zero-order valence-electron chi connectivity index (χ0n) is 8.59. The molecule has 0 saturated heterocycles. The molecule has 0 radical (unpaired) electrons. The summed E-state index contributed by atoms with van der Waals surface area (Å²) < 4.78 is 0. The lowest BCUT2D eigenvalue weighted by Crippen LogP contribution is -2.15. The molecule has 0 saturated carbocycles. The van der Waals surface area contributed by atoms with E-state index in [9.17, 15) is 4.79 Å². The molecule has 0 spiro atoms. The Labute approximate surface area is 88.5 Å². The average Bonchev–Trinajstić information content (AvgIpc) is 2.52. The van der Waals surface area contributed by atoms with Crippen molar-refractivity contribution < 1.29 is 4.79 Å². The van der Waals surface area contributed by atoms with Crippen LogP contribution in [0, 0.1) is 0 Å². The summed E-state index contributed by atoms with van der Waals surface area (Å²) in [5.74, 6) is -0.0138. The van der Waals surface area contributed by atoms with Gasteiger partial charge in [-0.25, -0.2) is 0 Å². The Morgan fingerprint density at radius 1 is 1.57 bits per heavy atom. The smallest absolute Gasteiger partial charge is 0.221 e. The van der Waals surface area contributed by atoms with Gasteiger partial charge in [-0.15, -0.1) is 11.3 Å². The maximum absolute atomic E-state index is 10.9. The molecule has 0 fully saturated rings. The molecule has 3 nitrogen and oxygen atoms in total. The third-order valence-corrected chi connectivity index (χ3v) is 2.69. The van der Waals surface area contributed by atoms with Crippen LogP contribution in [0.15, 0.2) is 11.4 Å². The fraction of sp³-hybridized carbons (Fsp3) is 0.500. The predicted octanol–water partition coefficient (Wildman–Crippen LogP) is 2.21. The van der Waals surface area contributed by atoms with Crippen molar-refractivity contribution in [2.24, 2.45) is 0 Å². The van der Waals surface area contributed by atoms with Gasteiger partial charge in [0.25, 0.3) is 0 Å². The van der Waals surface area contributed by atoms with Gasteiger partial charge >= 0.3 is 0 Å². The lowest BCUT2D eigenvalue weighted by molar-refractivity contribution is -0.114. The van der Waals surface area contributed by atoms with Crippen molar-refractivity contribution in [3.63, 3.8) is 0 Å². The summed E-state index contributed by atoms with van der Waals surface area (Å²) in [4.78, 5) is 12.1. The first kappa shape index (κ1) is 11.2. The molecule has 4 heteroatoms. The molecule has 1 aromatic rings. The van der Waals surface area contributed by atoms with Crippen molar-refractivity contribution in [1.29, 1.82) is 0 Å². The Kier molecular flexibility index (Phi) is 4.62. The largest absolute Gasteiger partial charge is 0.325 e. The molecule has 0 aliphatic carbocycles. The third-order valence-electron chi connectivity index (χ3n) is 1.77. The number of carbonyl (C=O) groups is 1. The Hall–Kier alpha value is -0.870. The summed E-state index contributed by atoms with van der Waals surface area (Å²) in [6, 6.07) is 1.94. The van der Waals surface area contributed by atoms with Crippen LogP contribution in [0.3, 0.4) is 0 Å². The van der Waals surface area contributed by atoms with Crippen molar-refractivity contribution >= 4 is 22.9 Å². The summed E-state index contributed by atoms with van der Waals surface area (Å²) in [6.07, 6.45) is 1.13. The average molecular weight is 212 g/mol. The van der Waals surface area contributed by atoms with E-state index >= 15 is 0 Å². The normalized spacial score (nSPS) is 10.1. The van der Waals surface area contributed by atoms with Crippen molar-refractivity contribution in [3.8, 4) is 0 Å². The minimum absolute atomic E-state index is 0.0138. The Morgan fingerprint density at radius 2 is 2.36 bits per heavy atom. The molecular weight excluding hydrogens is 196 g/mol.